The van der Waals surface area contributed by atoms with Crippen LogP contribution in [0.5, 0.6) is 0 Å². The van der Waals surface area contributed by atoms with Gasteiger partial charge in [0.05, 0.1) is 11.1 Å². The molecule has 12 heteroatoms. The standard InChI is InChI=1S/C19H26N6O4S2/c1-12-10-17(26)22-19(20-12)25-16(11-14(23-25)15-4-3-9-30-15)21-18(27)13-5-7-24(8-6-13)31(2,28)29/h3-4,9,11-13,19-20H,5-8,10H2,1-2H3,(H,21,27)(H,22,26). The Balaban J connectivity index is 1.54. The van der Waals surface area contributed by atoms with Crippen LogP contribution in [0.3, 0.4) is 0 Å². The number of carbonyl (C=O) groups excluding carboxylic acids is 2. The van der Waals surface area contributed by atoms with Crippen molar-refractivity contribution in [2.24, 2.45) is 5.92 Å². The number of sulfonamides is 1. The highest BCUT2D eigenvalue weighted by molar-refractivity contribution is 7.88. The van der Waals surface area contributed by atoms with Crippen LogP contribution in [0.1, 0.15) is 32.5 Å². The minimum atomic E-state index is -3.25. The number of piperidine rings is 1. The average Bonchev–Trinajstić information content (AvgIpc) is 3.36. The number of aromatic nitrogens is 2. The highest BCUT2D eigenvalue weighted by Gasteiger charge is 2.31. The van der Waals surface area contributed by atoms with Gasteiger partial charge in [-0.05, 0) is 31.2 Å². The van der Waals surface area contributed by atoms with Crippen molar-refractivity contribution >= 4 is 39.0 Å². The Morgan fingerprint density at radius 3 is 2.68 bits per heavy atom. The number of thiophene rings is 1. The first-order valence-electron chi connectivity index (χ1n) is 10.2. The van der Waals surface area contributed by atoms with Gasteiger partial charge in [0.25, 0.3) is 0 Å². The number of hydrogen-bond acceptors (Lipinski definition) is 7. The first-order valence-corrected chi connectivity index (χ1v) is 12.9. The molecule has 4 heterocycles. The van der Waals surface area contributed by atoms with Gasteiger partial charge in [-0.25, -0.2) is 17.4 Å². The summed E-state index contributed by atoms with van der Waals surface area (Å²) >= 11 is 1.54. The maximum atomic E-state index is 13.0. The average molecular weight is 467 g/mol. The van der Waals surface area contributed by atoms with Crippen LogP contribution >= 0.6 is 11.3 Å². The molecule has 0 bridgehead atoms. The van der Waals surface area contributed by atoms with Gasteiger partial charge in [-0.2, -0.15) is 5.10 Å². The van der Waals surface area contributed by atoms with Crippen molar-refractivity contribution in [3.05, 3.63) is 23.6 Å². The second-order valence-corrected chi connectivity index (χ2v) is 10.9. The number of rotatable bonds is 5. The smallest absolute Gasteiger partial charge is 0.228 e. The molecule has 168 valence electrons. The number of anilines is 1. The third-order valence-electron chi connectivity index (χ3n) is 5.53. The molecule has 0 radical (unpaired) electrons. The van der Waals surface area contributed by atoms with E-state index in [1.54, 1.807) is 10.7 Å². The van der Waals surface area contributed by atoms with E-state index in [4.69, 9.17) is 0 Å². The lowest BCUT2D eigenvalue weighted by Crippen LogP contribution is -2.52. The first kappa shape index (κ1) is 21.9. The van der Waals surface area contributed by atoms with Crippen molar-refractivity contribution in [3.8, 4) is 10.6 Å². The Morgan fingerprint density at radius 1 is 1.32 bits per heavy atom. The Labute approximate surface area is 185 Å². The molecule has 10 nitrogen and oxygen atoms in total. The first-order chi connectivity index (χ1) is 14.7. The largest absolute Gasteiger partial charge is 0.322 e. The maximum Gasteiger partial charge on any atom is 0.228 e. The van der Waals surface area contributed by atoms with E-state index in [0.717, 1.165) is 4.88 Å². The van der Waals surface area contributed by atoms with Crippen LogP contribution in [0.4, 0.5) is 5.82 Å². The van der Waals surface area contributed by atoms with Crippen LogP contribution in [0.15, 0.2) is 23.6 Å². The SMILES string of the molecule is CC1CC(=O)NC(n2nc(-c3cccs3)cc2NC(=O)C2CCN(S(C)(=O)=O)CC2)N1. The molecule has 2 aromatic heterocycles. The molecule has 2 saturated heterocycles. The Hall–Kier alpha value is -2.28. The zero-order valence-electron chi connectivity index (χ0n) is 17.4. The predicted octanol–water partition coefficient (Wildman–Crippen LogP) is 1.18. The van der Waals surface area contributed by atoms with Crippen molar-refractivity contribution in [2.75, 3.05) is 24.7 Å². The Bertz CT molecular complexity index is 1060. The number of hydrogen-bond donors (Lipinski definition) is 3. The summed E-state index contributed by atoms with van der Waals surface area (Å²) in [4.78, 5) is 26.0. The van der Waals surface area contributed by atoms with E-state index in [1.165, 1.54) is 21.9 Å². The summed E-state index contributed by atoms with van der Waals surface area (Å²) in [6, 6.07) is 5.63. The fourth-order valence-corrected chi connectivity index (χ4v) is 5.45. The van der Waals surface area contributed by atoms with Gasteiger partial charge in [0, 0.05) is 37.5 Å². The molecule has 0 spiro atoms. The summed E-state index contributed by atoms with van der Waals surface area (Å²) in [5, 5.41) is 15.7. The molecule has 31 heavy (non-hydrogen) atoms. The monoisotopic (exact) mass is 466 g/mol. The lowest BCUT2D eigenvalue weighted by Gasteiger charge is -2.31. The van der Waals surface area contributed by atoms with Gasteiger partial charge in [0.15, 0.2) is 6.29 Å². The van der Waals surface area contributed by atoms with E-state index in [-0.39, 0.29) is 23.8 Å². The number of nitrogens with one attached hydrogen (secondary N) is 3. The fourth-order valence-electron chi connectivity index (χ4n) is 3.90. The van der Waals surface area contributed by atoms with Gasteiger partial charge in [-0.1, -0.05) is 6.07 Å². The van der Waals surface area contributed by atoms with E-state index in [9.17, 15) is 18.0 Å². The zero-order valence-corrected chi connectivity index (χ0v) is 19.0. The van der Waals surface area contributed by atoms with Crippen molar-refractivity contribution < 1.29 is 18.0 Å². The quantitative estimate of drug-likeness (QED) is 0.608. The zero-order chi connectivity index (χ0) is 22.2. The summed E-state index contributed by atoms with van der Waals surface area (Å²) in [6.45, 7) is 2.58. The number of carbonyl (C=O) groups is 2. The molecule has 2 aromatic rings. The fraction of sp³-hybridized carbons (Fsp3) is 0.526. The van der Waals surface area contributed by atoms with Crippen LogP contribution in [-0.2, 0) is 19.6 Å². The van der Waals surface area contributed by atoms with Gasteiger partial charge < -0.3 is 10.6 Å². The minimum absolute atomic E-state index is 0.0305. The topological polar surface area (TPSA) is 125 Å². The van der Waals surface area contributed by atoms with E-state index >= 15 is 0 Å². The molecular weight excluding hydrogens is 440 g/mol. The van der Waals surface area contributed by atoms with Gasteiger partial charge in [0.2, 0.25) is 21.8 Å². The molecule has 4 rings (SSSR count). The summed E-state index contributed by atoms with van der Waals surface area (Å²) in [5.74, 6) is -0.0812. The van der Waals surface area contributed by atoms with Crippen LogP contribution < -0.4 is 16.0 Å². The van der Waals surface area contributed by atoms with Crippen LogP contribution in [-0.4, -0.2) is 59.7 Å². The van der Waals surface area contributed by atoms with Gasteiger partial charge in [-0.15, -0.1) is 11.3 Å². The molecule has 0 aliphatic carbocycles. The van der Waals surface area contributed by atoms with Crippen LogP contribution in [0, 0.1) is 5.92 Å². The van der Waals surface area contributed by atoms with Crippen LogP contribution in [0.2, 0.25) is 0 Å². The second-order valence-electron chi connectivity index (χ2n) is 8.00. The Kier molecular flexibility index (Phi) is 6.15. The molecule has 0 saturated carbocycles. The Morgan fingerprint density at radius 2 is 2.06 bits per heavy atom. The van der Waals surface area contributed by atoms with Crippen molar-refractivity contribution in [1.29, 1.82) is 0 Å². The molecule has 2 amide bonds. The van der Waals surface area contributed by atoms with Gasteiger partial charge in [0.1, 0.15) is 11.5 Å². The number of amides is 2. The highest BCUT2D eigenvalue weighted by Crippen LogP contribution is 2.29. The summed E-state index contributed by atoms with van der Waals surface area (Å²) < 4.78 is 26.4. The predicted molar refractivity (Wildman–Crippen MR) is 118 cm³/mol. The lowest BCUT2D eigenvalue weighted by atomic mass is 9.97. The van der Waals surface area contributed by atoms with Gasteiger partial charge >= 0.3 is 0 Å². The molecule has 3 N–H and O–H groups in total. The normalized spacial score (nSPS) is 23.5. The van der Waals surface area contributed by atoms with E-state index in [2.05, 4.69) is 21.0 Å². The number of nitrogens with zero attached hydrogens (tertiary/aromatic N) is 3. The maximum absolute atomic E-state index is 13.0. The van der Waals surface area contributed by atoms with E-state index in [1.807, 2.05) is 24.4 Å². The van der Waals surface area contributed by atoms with Crippen molar-refractivity contribution in [3.63, 3.8) is 0 Å². The molecule has 2 atom stereocenters. The van der Waals surface area contributed by atoms with Gasteiger partial charge in [-0.3, -0.25) is 14.9 Å². The third-order valence-corrected chi connectivity index (χ3v) is 7.73. The van der Waals surface area contributed by atoms with Crippen LogP contribution in [0.25, 0.3) is 10.6 Å². The van der Waals surface area contributed by atoms with E-state index < -0.39 is 16.3 Å². The summed E-state index contributed by atoms with van der Waals surface area (Å²) in [6.07, 6.45) is 1.90. The molecule has 2 aliphatic heterocycles. The molecular formula is C19H26N6O4S2. The molecule has 2 unspecified atom stereocenters. The third kappa shape index (κ3) is 4.97. The summed E-state index contributed by atoms with van der Waals surface area (Å²) in [7, 11) is -3.25. The van der Waals surface area contributed by atoms with Crippen molar-refractivity contribution in [2.45, 2.75) is 38.5 Å². The molecule has 2 fully saturated rings. The van der Waals surface area contributed by atoms with E-state index in [0.29, 0.717) is 43.9 Å². The second kappa shape index (κ2) is 8.69. The molecule has 0 aromatic carbocycles. The molecule has 2 aliphatic rings. The minimum Gasteiger partial charge on any atom is -0.322 e. The lowest BCUT2D eigenvalue weighted by molar-refractivity contribution is -0.125. The van der Waals surface area contributed by atoms with Crippen molar-refractivity contribution in [1.82, 2.24) is 24.7 Å². The summed E-state index contributed by atoms with van der Waals surface area (Å²) in [5.41, 5.74) is 0.700. The highest BCUT2D eigenvalue weighted by atomic mass is 32.2.